The van der Waals surface area contributed by atoms with E-state index in [1.807, 2.05) is 0 Å². The maximum Gasteiger partial charge on any atom is -0.00675 e. The van der Waals surface area contributed by atoms with Gasteiger partial charge in [-0.3, -0.25) is 0 Å². The molecule has 0 heterocycles. The third-order valence-electron chi connectivity index (χ3n) is 10.3. The van der Waals surface area contributed by atoms with Crippen LogP contribution in [0.15, 0.2) is 0 Å². The highest BCUT2D eigenvalue weighted by Crippen LogP contribution is 2.45. The molecular weight excluding hydrogens is 464 g/mol. The van der Waals surface area contributed by atoms with Crippen LogP contribution in [0.3, 0.4) is 0 Å². The highest BCUT2D eigenvalue weighted by molar-refractivity contribution is 7.99. The van der Waals surface area contributed by atoms with Gasteiger partial charge in [-0.25, -0.2) is 0 Å². The minimum Gasteiger partial charge on any atom is -0.162 e. The first kappa shape index (κ1) is 33.6. The lowest BCUT2D eigenvalue weighted by Gasteiger charge is -2.40. The van der Waals surface area contributed by atoms with Crippen molar-refractivity contribution in [2.75, 3.05) is 11.5 Å². The molecule has 0 aliphatic heterocycles. The fourth-order valence-electron chi connectivity index (χ4n) is 8.12. The molecule has 0 nitrogen and oxygen atoms in total. The van der Waals surface area contributed by atoms with E-state index in [0.717, 1.165) is 23.7 Å². The van der Waals surface area contributed by atoms with Crippen LogP contribution in [0.25, 0.3) is 0 Å². The van der Waals surface area contributed by atoms with Crippen LogP contribution < -0.4 is 0 Å². The maximum atomic E-state index is 2.48. The Morgan fingerprint density at radius 3 is 1.14 bits per heavy atom. The summed E-state index contributed by atoms with van der Waals surface area (Å²) < 4.78 is 0. The van der Waals surface area contributed by atoms with E-state index < -0.39 is 0 Å². The predicted molar refractivity (Wildman–Crippen MR) is 172 cm³/mol. The molecule has 4 atom stereocenters. The van der Waals surface area contributed by atoms with Crippen molar-refractivity contribution >= 4 is 11.8 Å². The Kier molecular flexibility index (Phi) is 16.9. The molecule has 220 valence electrons. The number of hydrogen-bond donors (Lipinski definition) is 0. The van der Waals surface area contributed by atoms with E-state index in [1.165, 1.54) is 153 Å². The molecule has 0 aromatic carbocycles. The molecule has 0 aromatic rings. The lowest BCUT2D eigenvalue weighted by molar-refractivity contribution is 0.0994. The molecule has 37 heavy (non-hydrogen) atoms. The summed E-state index contributed by atoms with van der Waals surface area (Å²) in [5.74, 6) is 6.81. The van der Waals surface area contributed by atoms with Crippen molar-refractivity contribution in [2.24, 2.45) is 34.5 Å². The third-order valence-corrected chi connectivity index (χ3v) is 11.4. The molecule has 0 aromatic heterocycles. The van der Waals surface area contributed by atoms with E-state index in [4.69, 9.17) is 0 Å². The highest BCUT2D eigenvalue weighted by Gasteiger charge is 2.34. The summed E-state index contributed by atoms with van der Waals surface area (Å²) in [6.07, 6.45) is 32.7. The van der Waals surface area contributed by atoms with Crippen molar-refractivity contribution < 1.29 is 0 Å². The van der Waals surface area contributed by atoms with E-state index in [2.05, 4.69) is 53.3 Å². The van der Waals surface area contributed by atoms with Gasteiger partial charge in [0.1, 0.15) is 0 Å². The average Bonchev–Trinajstić information content (AvgIpc) is 2.85. The number of thioether (sulfide) groups is 1. The molecule has 1 heteroatoms. The quantitative estimate of drug-likeness (QED) is 0.158. The molecule has 2 aliphatic rings. The second-order valence-electron chi connectivity index (χ2n) is 15.5. The Hall–Kier alpha value is 0.350. The van der Waals surface area contributed by atoms with E-state index in [1.54, 1.807) is 0 Å². The first-order valence-corrected chi connectivity index (χ1v) is 18.4. The second-order valence-corrected chi connectivity index (χ2v) is 16.7. The standard InChI is InChI=1S/C36H70S/c1-35(2,3)33-27-19-17-25-31(33)23-15-11-7-9-13-21-29-37-30-22-14-10-8-12-16-24-32-26-18-20-28-34(32)36(4,5)6/h31-34H,7-30H2,1-6H3. The van der Waals surface area contributed by atoms with Crippen LogP contribution in [0.2, 0.25) is 0 Å². The van der Waals surface area contributed by atoms with Gasteiger partial charge in [0.05, 0.1) is 0 Å². The molecule has 0 radical (unpaired) electrons. The normalized spacial score (nSPS) is 25.5. The summed E-state index contributed by atoms with van der Waals surface area (Å²) in [6, 6.07) is 0. The Balaban J connectivity index is 1.32. The van der Waals surface area contributed by atoms with E-state index >= 15 is 0 Å². The number of rotatable bonds is 18. The van der Waals surface area contributed by atoms with Crippen LogP contribution >= 0.6 is 11.8 Å². The molecule has 0 amide bonds. The third kappa shape index (κ3) is 14.5. The SMILES string of the molecule is CC(C)(C)C1CCCCC1CCCCCCCCSCCCCCCCCC1CCCCC1C(C)(C)C. The topological polar surface area (TPSA) is 0 Å². The van der Waals surface area contributed by atoms with Crippen LogP contribution in [-0.2, 0) is 0 Å². The van der Waals surface area contributed by atoms with Crippen molar-refractivity contribution in [3.05, 3.63) is 0 Å². The maximum absolute atomic E-state index is 2.48. The van der Waals surface area contributed by atoms with E-state index in [9.17, 15) is 0 Å². The summed E-state index contributed by atoms with van der Waals surface area (Å²) in [7, 11) is 0. The van der Waals surface area contributed by atoms with Gasteiger partial charge in [-0.1, -0.05) is 157 Å². The molecule has 0 N–H and O–H groups in total. The van der Waals surface area contributed by atoms with E-state index in [0.29, 0.717) is 10.8 Å². The van der Waals surface area contributed by atoms with Crippen molar-refractivity contribution in [3.63, 3.8) is 0 Å². The summed E-state index contributed by atoms with van der Waals surface area (Å²) >= 11 is 2.23. The number of unbranched alkanes of at least 4 members (excludes halogenated alkanes) is 10. The van der Waals surface area contributed by atoms with Crippen molar-refractivity contribution in [1.82, 2.24) is 0 Å². The zero-order valence-electron chi connectivity index (χ0n) is 26.7. The first-order valence-electron chi connectivity index (χ1n) is 17.3. The Bertz CT molecular complexity index is 490. The van der Waals surface area contributed by atoms with Gasteiger partial charge < -0.3 is 0 Å². The molecular formula is C36H70S. The summed E-state index contributed by atoms with van der Waals surface area (Å²) in [4.78, 5) is 0. The lowest BCUT2D eigenvalue weighted by Crippen LogP contribution is -2.31. The summed E-state index contributed by atoms with van der Waals surface area (Å²) in [5.41, 5.74) is 1.04. The first-order chi connectivity index (χ1) is 17.7. The average molecular weight is 535 g/mol. The zero-order chi connectivity index (χ0) is 27.0. The molecule has 2 aliphatic carbocycles. The molecule has 0 spiro atoms. The van der Waals surface area contributed by atoms with Gasteiger partial charge in [-0.15, -0.1) is 0 Å². The molecule has 2 fully saturated rings. The van der Waals surface area contributed by atoms with Gasteiger partial charge in [-0.2, -0.15) is 11.8 Å². The summed E-state index contributed by atoms with van der Waals surface area (Å²) in [5, 5.41) is 0. The monoisotopic (exact) mass is 535 g/mol. The van der Waals surface area contributed by atoms with Crippen molar-refractivity contribution in [3.8, 4) is 0 Å². The molecule has 2 rings (SSSR count). The Morgan fingerprint density at radius 1 is 0.432 bits per heavy atom. The van der Waals surface area contributed by atoms with Crippen LogP contribution in [0.1, 0.15) is 183 Å². The largest absolute Gasteiger partial charge is 0.162 e. The van der Waals surface area contributed by atoms with Gasteiger partial charge in [0.25, 0.3) is 0 Å². The summed E-state index contributed by atoms with van der Waals surface area (Å²) in [6.45, 7) is 14.9. The van der Waals surface area contributed by atoms with Crippen LogP contribution in [0.5, 0.6) is 0 Å². The van der Waals surface area contributed by atoms with Crippen molar-refractivity contribution in [1.29, 1.82) is 0 Å². The van der Waals surface area contributed by atoms with Gasteiger partial charge in [0.2, 0.25) is 0 Å². The molecule has 4 unspecified atom stereocenters. The van der Waals surface area contributed by atoms with Gasteiger partial charge >= 0.3 is 0 Å². The highest BCUT2D eigenvalue weighted by atomic mass is 32.2. The Labute approximate surface area is 240 Å². The van der Waals surface area contributed by atoms with Gasteiger partial charge in [0.15, 0.2) is 0 Å². The van der Waals surface area contributed by atoms with Crippen LogP contribution in [0, 0.1) is 34.5 Å². The van der Waals surface area contributed by atoms with Crippen molar-refractivity contribution in [2.45, 2.75) is 183 Å². The predicted octanol–water partition coefficient (Wildman–Crippen LogP) is 12.9. The van der Waals surface area contributed by atoms with E-state index in [-0.39, 0.29) is 0 Å². The minimum atomic E-state index is 0.521. The number of hydrogen-bond acceptors (Lipinski definition) is 1. The fourth-order valence-corrected chi connectivity index (χ4v) is 9.14. The zero-order valence-corrected chi connectivity index (χ0v) is 27.5. The molecule has 2 saturated carbocycles. The molecule has 0 saturated heterocycles. The lowest BCUT2D eigenvalue weighted by atomic mass is 9.65. The second kappa shape index (κ2) is 18.7. The van der Waals surface area contributed by atoms with Crippen LogP contribution in [-0.4, -0.2) is 11.5 Å². The van der Waals surface area contributed by atoms with Gasteiger partial charge in [0, 0.05) is 0 Å². The fraction of sp³-hybridized carbons (Fsp3) is 1.00. The molecule has 0 bridgehead atoms. The Morgan fingerprint density at radius 2 is 0.757 bits per heavy atom. The van der Waals surface area contributed by atoms with Crippen LogP contribution in [0.4, 0.5) is 0 Å². The smallest absolute Gasteiger partial charge is 0.00675 e. The minimum absolute atomic E-state index is 0.521. The van der Waals surface area contributed by atoms with Gasteiger partial charge in [-0.05, 0) is 71.7 Å².